The second-order valence-electron chi connectivity index (χ2n) is 8.03. The van der Waals surface area contributed by atoms with Crippen LogP contribution in [0.15, 0.2) is 78.9 Å². The van der Waals surface area contributed by atoms with Crippen LogP contribution in [0.4, 0.5) is 10.2 Å². The highest BCUT2D eigenvalue weighted by atomic mass is 35.5. The molecule has 0 fully saturated rings. The van der Waals surface area contributed by atoms with Gasteiger partial charge in [0.05, 0.1) is 10.6 Å². The largest absolute Gasteiger partial charge is 0.370 e. The predicted octanol–water partition coefficient (Wildman–Crippen LogP) is 7.47. The van der Waals surface area contributed by atoms with Gasteiger partial charge in [0, 0.05) is 28.9 Å². The molecule has 0 aliphatic carbocycles. The first kappa shape index (κ1) is 22.4. The second-order valence-corrected chi connectivity index (χ2v) is 8.88. The Morgan fingerprint density at radius 1 is 0.941 bits per heavy atom. The molecule has 0 amide bonds. The van der Waals surface area contributed by atoms with E-state index in [1.165, 1.54) is 12.1 Å². The third kappa shape index (κ3) is 4.49. The molecule has 34 heavy (non-hydrogen) atoms. The van der Waals surface area contributed by atoms with Gasteiger partial charge in [-0.05, 0) is 54.8 Å². The zero-order valence-electron chi connectivity index (χ0n) is 18.4. The van der Waals surface area contributed by atoms with Crippen LogP contribution in [-0.2, 0) is 6.42 Å². The number of hydrogen-bond acceptors (Lipinski definition) is 3. The lowest BCUT2D eigenvalue weighted by Gasteiger charge is -2.10. The van der Waals surface area contributed by atoms with Crippen LogP contribution >= 0.6 is 23.2 Å². The fraction of sp³-hybridized carbons (Fsp3) is 0.111. The third-order valence-electron chi connectivity index (χ3n) is 5.61. The first-order valence-corrected chi connectivity index (χ1v) is 11.6. The molecule has 2 aromatic heterocycles. The molecule has 1 N–H and O–H groups in total. The molecule has 0 aliphatic rings. The number of fused-ring (bicyclic) bond motifs is 1. The highest BCUT2D eigenvalue weighted by Crippen LogP contribution is 2.38. The summed E-state index contributed by atoms with van der Waals surface area (Å²) in [6, 6.07) is 23.8. The molecule has 5 rings (SSSR count). The molecule has 0 saturated carbocycles. The maximum absolute atomic E-state index is 13.2. The third-order valence-corrected chi connectivity index (χ3v) is 6.19. The molecule has 0 unspecified atom stereocenters. The van der Waals surface area contributed by atoms with Crippen molar-refractivity contribution in [1.82, 2.24) is 14.6 Å². The zero-order chi connectivity index (χ0) is 23.7. The van der Waals surface area contributed by atoms with Crippen molar-refractivity contribution in [2.45, 2.75) is 13.3 Å². The van der Waals surface area contributed by atoms with Crippen LogP contribution in [0, 0.1) is 12.7 Å². The molecular formula is C27H21Cl2FN4. The summed E-state index contributed by atoms with van der Waals surface area (Å²) in [5.41, 5.74) is 6.04. The average Bonchev–Trinajstić information content (AvgIpc) is 3.20. The predicted molar refractivity (Wildman–Crippen MR) is 137 cm³/mol. The van der Waals surface area contributed by atoms with E-state index in [4.69, 9.17) is 33.3 Å². The van der Waals surface area contributed by atoms with Crippen molar-refractivity contribution < 1.29 is 4.39 Å². The summed E-state index contributed by atoms with van der Waals surface area (Å²) in [6.07, 6.45) is 0.742. The number of nitrogens with one attached hydrogen (secondary N) is 1. The summed E-state index contributed by atoms with van der Waals surface area (Å²) in [7, 11) is 0. The van der Waals surface area contributed by atoms with Gasteiger partial charge in [0.2, 0.25) is 0 Å². The first-order chi connectivity index (χ1) is 16.5. The van der Waals surface area contributed by atoms with E-state index in [9.17, 15) is 4.39 Å². The number of nitrogens with zero attached hydrogens (tertiary/aromatic N) is 3. The molecule has 170 valence electrons. The number of rotatable bonds is 6. The summed E-state index contributed by atoms with van der Waals surface area (Å²) < 4.78 is 15.0. The van der Waals surface area contributed by atoms with Gasteiger partial charge >= 0.3 is 0 Å². The van der Waals surface area contributed by atoms with E-state index in [1.807, 2.05) is 66.0 Å². The van der Waals surface area contributed by atoms with Gasteiger partial charge < -0.3 is 5.32 Å². The summed E-state index contributed by atoms with van der Waals surface area (Å²) in [5, 5.41) is 9.69. The fourth-order valence-electron chi connectivity index (χ4n) is 3.97. The molecule has 5 aromatic rings. The SMILES string of the molecule is Cc1cc(NCCc2ccc(F)cc2)n2nc(-c3ccccc3Cl)c(-c3ccc(Cl)cc3)c2n1. The lowest BCUT2D eigenvalue weighted by Crippen LogP contribution is -2.10. The molecule has 7 heteroatoms. The number of aromatic nitrogens is 3. The Morgan fingerprint density at radius 2 is 1.68 bits per heavy atom. The first-order valence-electron chi connectivity index (χ1n) is 10.9. The summed E-state index contributed by atoms with van der Waals surface area (Å²) >= 11 is 12.7. The molecule has 0 spiro atoms. The normalized spacial score (nSPS) is 11.2. The Bertz CT molecular complexity index is 1460. The van der Waals surface area contributed by atoms with E-state index in [0.29, 0.717) is 16.6 Å². The average molecular weight is 491 g/mol. The second kappa shape index (κ2) is 9.45. The van der Waals surface area contributed by atoms with Gasteiger partial charge in [-0.2, -0.15) is 9.61 Å². The van der Waals surface area contributed by atoms with E-state index in [1.54, 1.807) is 12.1 Å². The Labute approximate surface area is 207 Å². The van der Waals surface area contributed by atoms with Crippen molar-refractivity contribution in [2.24, 2.45) is 0 Å². The fourth-order valence-corrected chi connectivity index (χ4v) is 4.33. The van der Waals surface area contributed by atoms with Crippen molar-refractivity contribution in [3.63, 3.8) is 0 Å². The van der Waals surface area contributed by atoms with Crippen molar-refractivity contribution in [3.8, 4) is 22.4 Å². The Morgan fingerprint density at radius 3 is 2.41 bits per heavy atom. The maximum atomic E-state index is 13.2. The van der Waals surface area contributed by atoms with Crippen LogP contribution in [0.2, 0.25) is 10.0 Å². The molecule has 0 radical (unpaired) electrons. The highest BCUT2D eigenvalue weighted by Gasteiger charge is 2.21. The summed E-state index contributed by atoms with van der Waals surface area (Å²) in [4.78, 5) is 4.83. The molecule has 3 aromatic carbocycles. The van der Waals surface area contributed by atoms with Crippen LogP contribution < -0.4 is 5.32 Å². The molecule has 4 nitrogen and oxygen atoms in total. The number of halogens is 3. The number of anilines is 1. The number of aryl methyl sites for hydroxylation is 1. The quantitative estimate of drug-likeness (QED) is 0.268. The van der Waals surface area contributed by atoms with E-state index in [2.05, 4.69) is 5.32 Å². The molecule has 0 aliphatic heterocycles. The van der Waals surface area contributed by atoms with Crippen LogP contribution in [0.5, 0.6) is 0 Å². The topological polar surface area (TPSA) is 42.2 Å². The smallest absolute Gasteiger partial charge is 0.166 e. The number of hydrogen-bond donors (Lipinski definition) is 1. The standard InChI is InChI=1S/C27H21Cl2FN4/c1-17-16-24(31-15-14-18-6-12-21(30)13-7-18)34-27(32-17)25(19-8-10-20(28)11-9-19)26(33-34)22-4-2-3-5-23(22)29/h2-13,16,31H,14-15H2,1H3. The highest BCUT2D eigenvalue weighted by molar-refractivity contribution is 6.33. The Hall–Kier alpha value is -3.41. The summed E-state index contributed by atoms with van der Waals surface area (Å²) in [5.74, 6) is 0.583. The van der Waals surface area contributed by atoms with Gasteiger partial charge in [0.1, 0.15) is 17.3 Å². The molecule has 0 atom stereocenters. The monoisotopic (exact) mass is 490 g/mol. The minimum atomic E-state index is -0.235. The Balaban J connectivity index is 1.61. The molecule has 2 heterocycles. The lowest BCUT2D eigenvalue weighted by atomic mass is 10.0. The summed E-state index contributed by atoms with van der Waals surface area (Å²) in [6.45, 7) is 2.61. The van der Waals surface area contributed by atoms with Crippen molar-refractivity contribution in [1.29, 1.82) is 0 Å². The van der Waals surface area contributed by atoms with Crippen LogP contribution in [0.3, 0.4) is 0 Å². The molecule has 0 bridgehead atoms. The van der Waals surface area contributed by atoms with Gasteiger partial charge in [-0.25, -0.2) is 9.37 Å². The van der Waals surface area contributed by atoms with Crippen LogP contribution in [-0.4, -0.2) is 21.1 Å². The van der Waals surface area contributed by atoms with Crippen LogP contribution in [0.1, 0.15) is 11.3 Å². The van der Waals surface area contributed by atoms with Gasteiger partial charge in [0.25, 0.3) is 0 Å². The minimum Gasteiger partial charge on any atom is -0.370 e. The van der Waals surface area contributed by atoms with E-state index in [-0.39, 0.29) is 5.82 Å². The van der Waals surface area contributed by atoms with Gasteiger partial charge in [-0.3, -0.25) is 0 Å². The van der Waals surface area contributed by atoms with E-state index < -0.39 is 0 Å². The minimum absolute atomic E-state index is 0.235. The van der Waals surface area contributed by atoms with Gasteiger partial charge in [0.15, 0.2) is 5.65 Å². The van der Waals surface area contributed by atoms with E-state index >= 15 is 0 Å². The van der Waals surface area contributed by atoms with E-state index in [0.717, 1.165) is 51.5 Å². The van der Waals surface area contributed by atoms with Crippen molar-refractivity contribution >= 4 is 34.7 Å². The molecular weight excluding hydrogens is 470 g/mol. The number of benzene rings is 3. The van der Waals surface area contributed by atoms with Crippen molar-refractivity contribution in [2.75, 3.05) is 11.9 Å². The lowest BCUT2D eigenvalue weighted by molar-refractivity contribution is 0.627. The maximum Gasteiger partial charge on any atom is 0.166 e. The van der Waals surface area contributed by atoms with Crippen LogP contribution in [0.25, 0.3) is 28.0 Å². The molecule has 0 saturated heterocycles. The zero-order valence-corrected chi connectivity index (χ0v) is 19.9. The Kier molecular flexibility index (Phi) is 6.22. The van der Waals surface area contributed by atoms with Gasteiger partial charge in [-0.1, -0.05) is 65.7 Å². The van der Waals surface area contributed by atoms with Crippen molar-refractivity contribution in [3.05, 3.63) is 106 Å². The van der Waals surface area contributed by atoms with Gasteiger partial charge in [-0.15, -0.1) is 0 Å².